The molecule has 5 rings (SSSR count). The summed E-state index contributed by atoms with van der Waals surface area (Å²) < 4.78 is 1.44. The smallest absolute Gasteiger partial charge is 0.282 e. The molecule has 27 heavy (non-hydrogen) atoms. The molecule has 3 aromatic rings. The van der Waals surface area contributed by atoms with Gasteiger partial charge in [0.25, 0.3) is 11.5 Å². The van der Waals surface area contributed by atoms with Gasteiger partial charge >= 0.3 is 0 Å². The Morgan fingerprint density at radius 2 is 2.15 bits per heavy atom. The number of carbonyl (C=O) groups is 1. The lowest BCUT2D eigenvalue weighted by Crippen LogP contribution is -2.34. The molecular weight excluding hydrogens is 398 g/mol. The quantitative estimate of drug-likeness (QED) is 0.615. The van der Waals surface area contributed by atoms with Crippen molar-refractivity contribution in [2.75, 3.05) is 5.43 Å². The molecule has 8 heteroatoms. The Balaban J connectivity index is 1.55. The van der Waals surface area contributed by atoms with Gasteiger partial charge in [-0.25, -0.2) is 0 Å². The molecule has 0 bridgehead atoms. The number of aryl methyl sites for hydroxylation is 2. The van der Waals surface area contributed by atoms with E-state index in [0.717, 1.165) is 54.5 Å². The van der Waals surface area contributed by atoms with Crippen molar-refractivity contribution in [2.45, 2.75) is 45.4 Å². The van der Waals surface area contributed by atoms with Gasteiger partial charge in [-0.15, -0.1) is 22.7 Å². The fourth-order valence-corrected chi connectivity index (χ4v) is 7.03. The number of thiophene rings is 2. The first-order valence-electron chi connectivity index (χ1n) is 9.23. The van der Waals surface area contributed by atoms with Crippen LogP contribution in [0.3, 0.4) is 0 Å². The van der Waals surface area contributed by atoms with Crippen molar-refractivity contribution in [1.29, 1.82) is 0 Å². The highest BCUT2D eigenvalue weighted by molar-refractivity contribution is 7.71. The number of aromatic amines is 1. The van der Waals surface area contributed by atoms with Crippen LogP contribution in [0, 0.1) is 10.7 Å². The van der Waals surface area contributed by atoms with Crippen LogP contribution in [0.25, 0.3) is 10.2 Å². The third-order valence-corrected chi connectivity index (χ3v) is 8.16. The first kappa shape index (κ1) is 17.3. The maximum absolute atomic E-state index is 13.1. The third-order valence-electron chi connectivity index (χ3n) is 5.62. The van der Waals surface area contributed by atoms with E-state index in [-0.39, 0.29) is 16.2 Å². The Hall–Kier alpha value is -1.77. The molecule has 1 atom stereocenters. The van der Waals surface area contributed by atoms with Gasteiger partial charge in [-0.3, -0.25) is 15.0 Å². The first-order chi connectivity index (χ1) is 13.0. The maximum Gasteiger partial charge on any atom is 0.282 e. The SMILES string of the molecule is CC1CCc2c(C(=O)Nn3c(=S)[nH]c4sc5c(c4c3=O)CCC5)csc2C1. The van der Waals surface area contributed by atoms with Gasteiger partial charge in [0.1, 0.15) is 4.83 Å². The van der Waals surface area contributed by atoms with Crippen LogP contribution in [0.2, 0.25) is 0 Å². The van der Waals surface area contributed by atoms with Crippen LogP contribution < -0.4 is 11.0 Å². The topological polar surface area (TPSA) is 66.9 Å². The standard InChI is InChI=1S/C19H19N3O2S3/c1-9-5-6-10-12(8-26-14(10)7-9)16(23)21-22-18(24)15-11-3-2-4-13(11)27-17(15)20-19(22)25/h8-9H,2-7H2,1H3,(H,20,25)(H,21,23). The second-order valence-corrected chi connectivity index (χ2v) is 9.93. The summed E-state index contributed by atoms with van der Waals surface area (Å²) in [6.07, 6.45) is 6.05. The molecule has 2 N–H and O–H groups in total. The van der Waals surface area contributed by atoms with E-state index in [0.29, 0.717) is 16.9 Å². The molecular formula is C19H19N3O2S3. The highest BCUT2D eigenvalue weighted by atomic mass is 32.1. The summed E-state index contributed by atoms with van der Waals surface area (Å²) in [4.78, 5) is 32.5. The molecule has 1 unspecified atom stereocenters. The lowest BCUT2D eigenvalue weighted by atomic mass is 9.88. The highest BCUT2D eigenvalue weighted by Gasteiger charge is 2.25. The molecule has 0 fully saturated rings. The van der Waals surface area contributed by atoms with Crippen molar-refractivity contribution < 1.29 is 4.79 Å². The van der Waals surface area contributed by atoms with Gasteiger partial charge in [-0.05, 0) is 67.8 Å². The summed E-state index contributed by atoms with van der Waals surface area (Å²) in [7, 11) is 0. The zero-order chi connectivity index (χ0) is 18.7. The monoisotopic (exact) mass is 417 g/mol. The van der Waals surface area contributed by atoms with Crippen LogP contribution in [-0.2, 0) is 25.7 Å². The van der Waals surface area contributed by atoms with Gasteiger partial charge < -0.3 is 4.98 Å². The summed E-state index contributed by atoms with van der Waals surface area (Å²) in [6, 6.07) is 0. The van der Waals surface area contributed by atoms with E-state index in [1.165, 1.54) is 14.4 Å². The molecule has 3 heterocycles. The number of fused-ring (bicyclic) bond motifs is 4. The normalized spacial score (nSPS) is 18.5. The van der Waals surface area contributed by atoms with Crippen molar-refractivity contribution in [3.8, 4) is 0 Å². The minimum absolute atomic E-state index is 0.223. The minimum Gasteiger partial charge on any atom is -0.322 e. The minimum atomic E-state index is -0.255. The summed E-state index contributed by atoms with van der Waals surface area (Å²) >= 11 is 8.62. The van der Waals surface area contributed by atoms with Gasteiger partial charge in [-0.1, -0.05) is 6.92 Å². The Kier molecular flexibility index (Phi) is 4.10. The highest BCUT2D eigenvalue weighted by Crippen LogP contribution is 2.35. The van der Waals surface area contributed by atoms with Gasteiger partial charge in [0, 0.05) is 15.1 Å². The molecule has 0 saturated heterocycles. The Labute approximate surface area is 169 Å². The number of aromatic nitrogens is 2. The largest absolute Gasteiger partial charge is 0.322 e. The molecule has 0 saturated carbocycles. The van der Waals surface area contributed by atoms with Gasteiger partial charge in [-0.2, -0.15) is 4.68 Å². The van der Waals surface area contributed by atoms with E-state index in [1.807, 2.05) is 5.38 Å². The lowest BCUT2D eigenvalue weighted by molar-refractivity contribution is 0.101. The molecule has 5 nitrogen and oxygen atoms in total. The van der Waals surface area contributed by atoms with Crippen molar-refractivity contribution in [3.05, 3.63) is 46.9 Å². The van der Waals surface area contributed by atoms with Gasteiger partial charge in [0.2, 0.25) is 4.77 Å². The van der Waals surface area contributed by atoms with E-state index >= 15 is 0 Å². The van der Waals surface area contributed by atoms with E-state index in [9.17, 15) is 9.59 Å². The van der Waals surface area contributed by atoms with Crippen molar-refractivity contribution in [2.24, 2.45) is 5.92 Å². The predicted octanol–water partition coefficient (Wildman–Crippen LogP) is 4.18. The van der Waals surface area contributed by atoms with Crippen molar-refractivity contribution in [1.82, 2.24) is 9.66 Å². The lowest BCUT2D eigenvalue weighted by Gasteiger charge is -2.19. The molecule has 2 aliphatic rings. The zero-order valence-electron chi connectivity index (χ0n) is 14.9. The Morgan fingerprint density at radius 1 is 1.30 bits per heavy atom. The third kappa shape index (κ3) is 2.73. The molecule has 0 radical (unpaired) electrons. The molecule has 140 valence electrons. The van der Waals surface area contributed by atoms with Crippen molar-refractivity contribution in [3.63, 3.8) is 0 Å². The number of amides is 1. The van der Waals surface area contributed by atoms with Crippen LogP contribution in [0.5, 0.6) is 0 Å². The van der Waals surface area contributed by atoms with Crippen LogP contribution in [0.1, 0.15) is 51.0 Å². The number of hydrogen-bond donors (Lipinski definition) is 2. The number of carbonyl (C=O) groups excluding carboxylic acids is 1. The van der Waals surface area contributed by atoms with Crippen LogP contribution in [-0.4, -0.2) is 15.6 Å². The molecule has 0 spiro atoms. The molecule has 0 aromatic carbocycles. The van der Waals surface area contributed by atoms with Crippen LogP contribution in [0.15, 0.2) is 10.2 Å². The number of rotatable bonds is 2. The van der Waals surface area contributed by atoms with Gasteiger partial charge in [0.05, 0.1) is 10.9 Å². The average molecular weight is 418 g/mol. The second kappa shape index (κ2) is 6.39. The fourth-order valence-electron chi connectivity index (χ4n) is 4.21. The Morgan fingerprint density at radius 3 is 3.00 bits per heavy atom. The zero-order valence-corrected chi connectivity index (χ0v) is 17.3. The first-order valence-corrected chi connectivity index (χ1v) is 11.3. The number of nitrogens with one attached hydrogen (secondary N) is 2. The van der Waals surface area contributed by atoms with Crippen molar-refractivity contribution >= 4 is 51.0 Å². The summed E-state index contributed by atoms with van der Waals surface area (Å²) in [6.45, 7) is 2.25. The van der Waals surface area contributed by atoms with E-state index in [1.54, 1.807) is 22.7 Å². The summed E-state index contributed by atoms with van der Waals surface area (Å²) in [5, 5.41) is 2.60. The number of nitrogens with zero attached hydrogens (tertiary/aromatic N) is 1. The Bertz CT molecular complexity index is 1200. The molecule has 0 aliphatic heterocycles. The second-order valence-electron chi connectivity index (χ2n) is 7.47. The van der Waals surface area contributed by atoms with E-state index in [4.69, 9.17) is 12.2 Å². The molecule has 3 aromatic heterocycles. The van der Waals surface area contributed by atoms with E-state index in [2.05, 4.69) is 17.3 Å². The van der Waals surface area contributed by atoms with E-state index < -0.39 is 0 Å². The van der Waals surface area contributed by atoms with Gasteiger partial charge in [0.15, 0.2) is 0 Å². The predicted molar refractivity (Wildman–Crippen MR) is 112 cm³/mol. The fraction of sp³-hybridized carbons (Fsp3) is 0.421. The number of hydrogen-bond acceptors (Lipinski definition) is 5. The summed E-state index contributed by atoms with van der Waals surface area (Å²) in [5.74, 6) is 0.404. The molecule has 1 amide bonds. The summed E-state index contributed by atoms with van der Waals surface area (Å²) in [5.41, 5.74) is 5.47. The number of H-pyrrole nitrogens is 1. The maximum atomic E-state index is 13.1. The van der Waals surface area contributed by atoms with Crippen LogP contribution >= 0.6 is 34.9 Å². The average Bonchev–Trinajstić information content (AvgIpc) is 3.31. The van der Waals surface area contributed by atoms with Crippen LogP contribution in [0.4, 0.5) is 0 Å². The molecule has 2 aliphatic carbocycles.